The molecule has 4 nitrogen and oxygen atoms in total. The Bertz CT molecular complexity index is 1290. The summed E-state index contributed by atoms with van der Waals surface area (Å²) in [5.41, 5.74) is 5.12. The maximum absolute atomic E-state index is 12.9. The number of nitrogens with zero attached hydrogens (tertiary/aromatic N) is 1. The smallest absolute Gasteiger partial charge is 0.192 e. The molecule has 0 amide bonds. The molecule has 5 aromatic rings. The Morgan fingerprint density at radius 3 is 2.15 bits per heavy atom. The Labute approximate surface area is 149 Å². The summed E-state index contributed by atoms with van der Waals surface area (Å²) in [6.07, 6.45) is 0. The summed E-state index contributed by atoms with van der Waals surface area (Å²) < 4.78 is 0. The van der Waals surface area contributed by atoms with Crippen LogP contribution in [-0.4, -0.2) is 15.0 Å². The second-order valence-corrected chi connectivity index (χ2v) is 6.25. The highest BCUT2D eigenvalue weighted by molar-refractivity contribution is 6.04. The highest BCUT2D eigenvalue weighted by Gasteiger charge is 2.12. The Kier molecular flexibility index (Phi) is 3.22. The van der Waals surface area contributed by atoms with Crippen molar-refractivity contribution in [2.45, 2.75) is 0 Å². The van der Waals surface area contributed by atoms with Crippen LogP contribution in [0.4, 0.5) is 0 Å². The summed E-state index contributed by atoms with van der Waals surface area (Å²) >= 11 is 0. The molecule has 0 saturated heterocycles. The fourth-order valence-electron chi connectivity index (χ4n) is 3.33. The first kappa shape index (κ1) is 14.7. The molecule has 0 atom stereocenters. The van der Waals surface area contributed by atoms with Crippen LogP contribution in [0.15, 0.2) is 83.7 Å². The van der Waals surface area contributed by atoms with Gasteiger partial charge in [0.2, 0.25) is 0 Å². The zero-order valence-corrected chi connectivity index (χ0v) is 13.9. The molecule has 2 heterocycles. The number of hydrogen-bond acceptors (Lipinski definition) is 2. The summed E-state index contributed by atoms with van der Waals surface area (Å²) in [7, 11) is 0. The average molecular weight is 337 g/mol. The molecule has 124 valence electrons. The highest BCUT2D eigenvalue weighted by Crippen LogP contribution is 2.26. The lowest BCUT2D eigenvalue weighted by molar-refractivity contribution is 1.34. The van der Waals surface area contributed by atoms with Crippen molar-refractivity contribution in [1.29, 1.82) is 0 Å². The summed E-state index contributed by atoms with van der Waals surface area (Å²) in [5, 5.41) is 0.636. The number of fused-ring (bicyclic) bond motifs is 3. The van der Waals surface area contributed by atoms with Gasteiger partial charge >= 0.3 is 0 Å². The third-order valence-electron chi connectivity index (χ3n) is 4.58. The lowest BCUT2D eigenvalue weighted by Gasteiger charge is -2.05. The normalized spacial score (nSPS) is 11.2. The number of pyridine rings is 1. The lowest BCUT2D eigenvalue weighted by atomic mass is 10.1. The maximum atomic E-state index is 12.9. The Balaban J connectivity index is 1.76. The first-order chi connectivity index (χ1) is 12.8. The van der Waals surface area contributed by atoms with Crippen molar-refractivity contribution in [3.05, 3.63) is 89.1 Å². The van der Waals surface area contributed by atoms with Crippen LogP contribution in [-0.2, 0) is 0 Å². The molecule has 0 aliphatic heterocycles. The number of hydrogen-bond donors (Lipinski definition) is 2. The maximum Gasteiger partial charge on any atom is 0.192 e. The number of rotatable bonds is 2. The molecule has 0 fully saturated rings. The molecule has 4 heteroatoms. The second-order valence-electron chi connectivity index (χ2n) is 6.25. The zero-order chi connectivity index (χ0) is 17.5. The molecule has 2 N–H and O–H groups in total. The molecular weight excluding hydrogens is 322 g/mol. The van der Waals surface area contributed by atoms with Crippen LogP contribution >= 0.6 is 0 Å². The van der Waals surface area contributed by atoms with E-state index in [1.165, 1.54) is 0 Å². The van der Waals surface area contributed by atoms with Gasteiger partial charge in [0.25, 0.3) is 0 Å². The SMILES string of the molecule is O=c1cc(-c2ccccc2)[nH]c2ccc3nc(-c4ccccc4)[nH]c3c12. The standard InChI is InChI=1S/C22H15N3O/c26-19-13-18(14-7-3-1-4-8-14)23-16-11-12-17-21(20(16)19)25-22(24-17)15-9-5-2-6-10-15/h1-13H,(H,23,26)(H,24,25). The predicted molar refractivity (Wildman–Crippen MR) is 105 cm³/mol. The van der Waals surface area contributed by atoms with Crippen LogP contribution in [0.3, 0.4) is 0 Å². The predicted octanol–water partition coefficient (Wildman–Crippen LogP) is 4.74. The van der Waals surface area contributed by atoms with Crippen LogP contribution in [0.2, 0.25) is 0 Å². The van der Waals surface area contributed by atoms with Gasteiger partial charge in [-0.05, 0) is 17.7 Å². The van der Waals surface area contributed by atoms with E-state index in [0.29, 0.717) is 5.39 Å². The molecule has 0 aliphatic carbocycles. The van der Waals surface area contributed by atoms with Gasteiger partial charge in [-0.2, -0.15) is 0 Å². The van der Waals surface area contributed by atoms with Crippen LogP contribution < -0.4 is 5.43 Å². The van der Waals surface area contributed by atoms with Crippen molar-refractivity contribution in [3.8, 4) is 22.6 Å². The Morgan fingerprint density at radius 1 is 0.731 bits per heavy atom. The number of aromatic amines is 2. The number of benzene rings is 3. The number of nitrogens with one attached hydrogen (secondary N) is 2. The number of H-pyrrole nitrogens is 2. The van der Waals surface area contributed by atoms with E-state index in [1.807, 2.05) is 72.8 Å². The molecular formula is C22H15N3O. The molecule has 0 unspecified atom stereocenters. The third kappa shape index (κ3) is 2.31. The molecule has 0 spiro atoms. The van der Waals surface area contributed by atoms with E-state index in [9.17, 15) is 4.79 Å². The van der Waals surface area contributed by atoms with Gasteiger partial charge in [-0.25, -0.2) is 4.98 Å². The van der Waals surface area contributed by atoms with E-state index in [1.54, 1.807) is 6.07 Å². The highest BCUT2D eigenvalue weighted by atomic mass is 16.1. The molecule has 2 aromatic heterocycles. The second kappa shape index (κ2) is 5.70. The molecule has 0 radical (unpaired) electrons. The fraction of sp³-hybridized carbons (Fsp3) is 0. The van der Waals surface area contributed by atoms with E-state index in [2.05, 4.69) is 15.0 Å². The van der Waals surface area contributed by atoms with E-state index < -0.39 is 0 Å². The van der Waals surface area contributed by atoms with E-state index in [-0.39, 0.29) is 5.43 Å². The van der Waals surface area contributed by atoms with Gasteiger partial charge in [0.1, 0.15) is 5.82 Å². The van der Waals surface area contributed by atoms with Crippen LogP contribution in [0.25, 0.3) is 44.6 Å². The summed E-state index contributed by atoms with van der Waals surface area (Å²) in [4.78, 5) is 24.2. The van der Waals surface area contributed by atoms with Gasteiger partial charge in [0.15, 0.2) is 5.43 Å². The summed E-state index contributed by atoms with van der Waals surface area (Å²) in [6.45, 7) is 0. The summed E-state index contributed by atoms with van der Waals surface area (Å²) in [6, 6.07) is 25.3. The van der Waals surface area contributed by atoms with Crippen molar-refractivity contribution < 1.29 is 0 Å². The van der Waals surface area contributed by atoms with Crippen molar-refractivity contribution in [2.24, 2.45) is 0 Å². The topological polar surface area (TPSA) is 61.5 Å². The van der Waals surface area contributed by atoms with Crippen molar-refractivity contribution in [1.82, 2.24) is 15.0 Å². The van der Waals surface area contributed by atoms with Gasteiger partial charge in [-0.15, -0.1) is 0 Å². The van der Waals surface area contributed by atoms with Crippen molar-refractivity contribution in [3.63, 3.8) is 0 Å². The minimum Gasteiger partial charge on any atom is -0.354 e. The van der Waals surface area contributed by atoms with Gasteiger partial charge in [-0.3, -0.25) is 4.79 Å². The Hall–Kier alpha value is -3.66. The molecule has 5 rings (SSSR count). The van der Waals surface area contributed by atoms with Gasteiger partial charge < -0.3 is 9.97 Å². The van der Waals surface area contributed by atoms with E-state index in [4.69, 9.17) is 0 Å². The number of imidazole rings is 1. The van der Waals surface area contributed by atoms with Crippen LogP contribution in [0, 0.1) is 0 Å². The van der Waals surface area contributed by atoms with Gasteiger partial charge in [0, 0.05) is 17.3 Å². The van der Waals surface area contributed by atoms with Crippen molar-refractivity contribution >= 4 is 21.9 Å². The minimum atomic E-state index is -0.0218. The number of aromatic nitrogens is 3. The fourth-order valence-corrected chi connectivity index (χ4v) is 3.33. The minimum absolute atomic E-state index is 0.0218. The molecule has 26 heavy (non-hydrogen) atoms. The first-order valence-electron chi connectivity index (χ1n) is 8.46. The third-order valence-corrected chi connectivity index (χ3v) is 4.58. The molecule has 0 bridgehead atoms. The average Bonchev–Trinajstić information content (AvgIpc) is 3.13. The lowest BCUT2D eigenvalue weighted by Crippen LogP contribution is -2.03. The molecule has 3 aromatic carbocycles. The van der Waals surface area contributed by atoms with E-state index in [0.717, 1.165) is 39.2 Å². The van der Waals surface area contributed by atoms with Crippen molar-refractivity contribution in [2.75, 3.05) is 0 Å². The zero-order valence-electron chi connectivity index (χ0n) is 13.9. The largest absolute Gasteiger partial charge is 0.354 e. The molecule has 0 saturated carbocycles. The first-order valence-corrected chi connectivity index (χ1v) is 8.46. The Morgan fingerprint density at radius 2 is 1.42 bits per heavy atom. The molecule has 0 aliphatic rings. The summed E-state index contributed by atoms with van der Waals surface area (Å²) in [5.74, 6) is 0.764. The van der Waals surface area contributed by atoms with Crippen LogP contribution in [0.5, 0.6) is 0 Å². The monoisotopic (exact) mass is 337 g/mol. The quantitative estimate of drug-likeness (QED) is 0.489. The van der Waals surface area contributed by atoms with Gasteiger partial charge in [0.05, 0.1) is 21.9 Å². The van der Waals surface area contributed by atoms with E-state index >= 15 is 0 Å². The van der Waals surface area contributed by atoms with Crippen LogP contribution in [0.1, 0.15) is 0 Å². The van der Waals surface area contributed by atoms with Gasteiger partial charge in [-0.1, -0.05) is 60.7 Å².